The van der Waals surface area contributed by atoms with Crippen LogP contribution in [0.5, 0.6) is 5.75 Å². The monoisotopic (exact) mass is 779 g/mol. The van der Waals surface area contributed by atoms with Crippen LogP contribution >= 0.6 is 39.1 Å². The van der Waals surface area contributed by atoms with E-state index in [0.29, 0.717) is 16.0 Å². The SMILES string of the molecule is CN(C)c1c([N+](=O)[O-])cc(N2C(=O)C3CC=C4C(CC5(Cl)C(=O)N(CBr)C(=O)C5(Cl)C4c4ccccc4OCCO)C3C2=O)cc1[N+](=O)[O-]. The standard InChI is InChI=1S/C31H28BrCl2N5O10/c1-35(2)25-20(38(45)46)11-15(12-21(25)39(47)48)37-26(41)18-8-7-16-19(23(18)27(37)42)13-30(33)28(43)36(14-32)29(44)31(30,34)24(16)17-5-3-4-6-22(17)49-10-9-40/h3-7,11-12,18-19,23-24,40H,8-10,13-14H2,1-2H3. The summed E-state index contributed by atoms with van der Waals surface area (Å²) in [5.74, 6) is -7.11. The Morgan fingerprint density at radius 1 is 1.02 bits per heavy atom. The molecule has 6 atom stereocenters. The van der Waals surface area contributed by atoms with Crippen LogP contribution < -0.4 is 14.5 Å². The topological polar surface area (TPSA) is 194 Å². The Morgan fingerprint density at radius 3 is 2.22 bits per heavy atom. The molecule has 258 valence electrons. The van der Waals surface area contributed by atoms with Crippen LogP contribution in [0.4, 0.5) is 22.7 Å². The van der Waals surface area contributed by atoms with Gasteiger partial charge in [0.15, 0.2) is 15.4 Å². The first-order chi connectivity index (χ1) is 23.1. The van der Waals surface area contributed by atoms with Gasteiger partial charge in [-0.15, -0.1) is 23.2 Å². The minimum absolute atomic E-state index is 0.0136. The second kappa shape index (κ2) is 12.3. The predicted octanol–water partition coefficient (Wildman–Crippen LogP) is 3.86. The first-order valence-corrected chi connectivity index (χ1v) is 16.9. The summed E-state index contributed by atoms with van der Waals surface area (Å²) in [6, 6.07) is 8.47. The Hall–Kier alpha value is -4.12. The molecule has 6 rings (SSSR count). The van der Waals surface area contributed by atoms with E-state index in [1.807, 2.05) is 0 Å². The summed E-state index contributed by atoms with van der Waals surface area (Å²) in [6.07, 6.45) is 1.37. The highest BCUT2D eigenvalue weighted by Crippen LogP contribution is 2.66. The van der Waals surface area contributed by atoms with E-state index in [2.05, 4.69) is 15.9 Å². The second-order valence-electron chi connectivity index (χ2n) is 12.3. The molecule has 18 heteroatoms. The highest BCUT2D eigenvalue weighted by molar-refractivity contribution is 9.09. The van der Waals surface area contributed by atoms with E-state index >= 15 is 0 Å². The number of nitrogens with zero attached hydrogens (tertiary/aromatic N) is 5. The third-order valence-electron chi connectivity index (χ3n) is 9.75. The molecule has 2 heterocycles. The number of anilines is 2. The Balaban J connectivity index is 1.52. The summed E-state index contributed by atoms with van der Waals surface area (Å²) in [5.41, 5.74) is -1.43. The smallest absolute Gasteiger partial charge is 0.301 e. The molecule has 2 aromatic carbocycles. The van der Waals surface area contributed by atoms with E-state index in [4.69, 9.17) is 27.9 Å². The summed E-state index contributed by atoms with van der Waals surface area (Å²) in [5, 5.41) is 33.6. The maximum Gasteiger partial charge on any atom is 0.301 e. The molecule has 3 fully saturated rings. The average Bonchev–Trinajstić information content (AvgIpc) is 3.40. The minimum atomic E-state index is -2.10. The van der Waals surface area contributed by atoms with Crippen LogP contribution in [-0.4, -0.2) is 86.0 Å². The number of aliphatic hydroxyl groups is 1. The zero-order valence-corrected chi connectivity index (χ0v) is 29.0. The number of nitro benzene ring substituents is 2. The van der Waals surface area contributed by atoms with Gasteiger partial charge in [-0.2, -0.15) is 0 Å². The molecule has 2 saturated heterocycles. The van der Waals surface area contributed by atoms with Gasteiger partial charge in [0.05, 0.1) is 39.4 Å². The molecule has 2 aliphatic carbocycles. The zero-order valence-electron chi connectivity index (χ0n) is 25.9. The van der Waals surface area contributed by atoms with E-state index in [9.17, 15) is 44.5 Å². The summed E-state index contributed by atoms with van der Waals surface area (Å²) in [6.45, 7) is -0.432. The largest absolute Gasteiger partial charge is 0.491 e. The molecule has 4 aliphatic rings. The number of alkyl halides is 3. The van der Waals surface area contributed by atoms with Crippen LogP contribution in [0.15, 0.2) is 48.0 Å². The number of rotatable bonds is 9. The summed E-state index contributed by atoms with van der Waals surface area (Å²) < 4.78 is 5.81. The number of nitro groups is 2. The van der Waals surface area contributed by atoms with Crippen molar-refractivity contribution < 1.29 is 38.9 Å². The lowest BCUT2D eigenvalue weighted by Gasteiger charge is -2.51. The molecule has 0 bridgehead atoms. The quantitative estimate of drug-likeness (QED) is 0.0970. The molecule has 49 heavy (non-hydrogen) atoms. The van der Waals surface area contributed by atoms with Gasteiger partial charge >= 0.3 is 11.4 Å². The Labute approximate surface area is 296 Å². The zero-order chi connectivity index (χ0) is 35.7. The van der Waals surface area contributed by atoms with E-state index < -0.39 is 78.3 Å². The van der Waals surface area contributed by atoms with Crippen LogP contribution in [0, 0.1) is 38.0 Å². The van der Waals surface area contributed by atoms with E-state index in [1.165, 1.54) is 19.0 Å². The van der Waals surface area contributed by atoms with Crippen LogP contribution in [0.25, 0.3) is 0 Å². The van der Waals surface area contributed by atoms with Crippen LogP contribution in [-0.2, 0) is 19.2 Å². The lowest BCUT2D eigenvalue weighted by atomic mass is 9.56. The van der Waals surface area contributed by atoms with Crippen LogP contribution in [0.3, 0.4) is 0 Å². The number of benzene rings is 2. The van der Waals surface area contributed by atoms with Crippen molar-refractivity contribution in [1.82, 2.24) is 4.90 Å². The number of imide groups is 2. The molecule has 0 radical (unpaired) electrons. The molecule has 1 saturated carbocycles. The summed E-state index contributed by atoms with van der Waals surface area (Å²) in [4.78, 5) is 77.4. The molecule has 1 N–H and O–H groups in total. The number of halogens is 3. The lowest BCUT2D eigenvalue weighted by Crippen LogP contribution is -2.60. The molecule has 4 amide bonds. The van der Waals surface area contributed by atoms with Crippen molar-refractivity contribution in [3.05, 3.63) is 73.8 Å². The Kier molecular flexibility index (Phi) is 8.74. The Morgan fingerprint density at radius 2 is 1.65 bits per heavy atom. The lowest BCUT2D eigenvalue weighted by molar-refractivity contribution is -0.392. The van der Waals surface area contributed by atoms with Crippen molar-refractivity contribution in [2.75, 3.05) is 42.6 Å². The molecule has 0 spiro atoms. The molecule has 2 aromatic rings. The first kappa shape index (κ1) is 34.7. The number of carbonyl (C=O) groups excluding carboxylic acids is 4. The number of aliphatic hydroxyl groups excluding tert-OH is 1. The number of amides is 4. The van der Waals surface area contributed by atoms with E-state index in [-0.39, 0.29) is 48.6 Å². The summed E-state index contributed by atoms with van der Waals surface area (Å²) >= 11 is 17.7. The van der Waals surface area contributed by atoms with Gasteiger partial charge in [0.1, 0.15) is 12.4 Å². The molecule has 2 aliphatic heterocycles. The summed E-state index contributed by atoms with van der Waals surface area (Å²) in [7, 11) is 2.78. The highest BCUT2D eigenvalue weighted by atomic mass is 79.9. The van der Waals surface area contributed by atoms with Crippen LogP contribution in [0.1, 0.15) is 24.3 Å². The van der Waals surface area contributed by atoms with Crippen molar-refractivity contribution in [2.24, 2.45) is 17.8 Å². The third kappa shape index (κ3) is 4.86. The molecular weight excluding hydrogens is 753 g/mol. The second-order valence-corrected chi connectivity index (χ2v) is 14.1. The molecule has 0 aromatic heterocycles. The number of hydrogen-bond acceptors (Lipinski definition) is 11. The van der Waals surface area contributed by atoms with Crippen molar-refractivity contribution >= 4 is 85.5 Å². The van der Waals surface area contributed by atoms with Gasteiger partial charge in [0.2, 0.25) is 11.8 Å². The van der Waals surface area contributed by atoms with Gasteiger partial charge in [0, 0.05) is 37.7 Å². The Bertz CT molecular complexity index is 1840. The van der Waals surface area contributed by atoms with Gasteiger partial charge in [-0.25, -0.2) is 4.90 Å². The molecular formula is C31H28BrCl2N5O10. The van der Waals surface area contributed by atoms with Gasteiger partial charge in [-0.1, -0.05) is 45.8 Å². The van der Waals surface area contributed by atoms with Crippen molar-refractivity contribution in [2.45, 2.75) is 28.5 Å². The minimum Gasteiger partial charge on any atom is -0.491 e. The number of allylic oxidation sites excluding steroid dienone is 2. The number of likely N-dealkylation sites (tertiary alicyclic amines) is 1. The van der Waals surface area contributed by atoms with Gasteiger partial charge in [0.25, 0.3) is 11.8 Å². The van der Waals surface area contributed by atoms with Crippen molar-refractivity contribution in [1.29, 1.82) is 0 Å². The van der Waals surface area contributed by atoms with Gasteiger partial charge in [-0.05, 0) is 24.8 Å². The van der Waals surface area contributed by atoms with Gasteiger partial charge in [-0.3, -0.25) is 44.3 Å². The van der Waals surface area contributed by atoms with Crippen molar-refractivity contribution in [3.8, 4) is 5.75 Å². The van der Waals surface area contributed by atoms with E-state index in [0.717, 1.165) is 17.0 Å². The maximum atomic E-state index is 14.4. The molecule has 15 nitrogen and oxygen atoms in total. The first-order valence-electron chi connectivity index (χ1n) is 15.0. The number of carbonyl (C=O) groups is 4. The normalized spacial score (nSPS) is 29.0. The average molecular weight is 781 g/mol. The number of fused-ring (bicyclic) bond motifs is 4. The number of hydrogen-bond donors (Lipinski definition) is 1. The fraction of sp³-hybridized carbons (Fsp3) is 0.419. The van der Waals surface area contributed by atoms with Crippen molar-refractivity contribution in [3.63, 3.8) is 0 Å². The van der Waals surface area contributed by atoms with E-state index in [1.54, 1.807) is 30.3 Å². The number of para-hydroxylation sites is 1. The molecule has 6 unspecified atom stereocenters. The van der Waals surface area contributed by atoms with Gasteiger partial charge < -0.3 is 14.7 Å². The highest BCUT2D eigenvalue weighted by Gasteiger charge is 2.76. The fourth-order valence-corrected chi connectivity index (χ4v) is 9.23. The maximum absolute atomic E-state index is 14.4. The predicted molar refractivity (Wildman–Crippen MR) is 179 cm³/mol. The number of ether oxygens (including phenoxy) is 1. The van der Waals surface area contributed by atoms with Crippen LogP contribution in [0.2, 0.25) is 0 Å². The third-order valence-corrected chi connectivity index (χ3v) is 11.7. The fourth-order valence-electron chi connectivity index (χ4n) is 7.81.